The van der Waals surface area contributed by atoms with Crippen molar-refractivity contribution in [2.45, 2.75) is 38.1 Å². The fourth-order valence-corrected chi connectivity index (χ4v) is 5.76. The van der Waals surface area contributed by atoms with E-state index in [2.05, 4.69) is 50.4 Å². The molecule has 0 radical (unpaired) electrons. The normalized spacial score (nSPS) is 21.4. The zero-order valence-corrected chi connectivity index (χ0v) is 24.2. The fourth-order valence-electron chi connectivity index (χ4n) is 5.76. The minimum Gasteiger partial charge on any atom is -0.392 e. The number of hydrogen-bond acceptors (Lipinski definition) is 7. The average molecular weight is 579 g/mol. The van der Waals surface area contributed by atoms with Crippen LogP contribution < -0.4 is 5.32 Å². The van der Waals surface area contributed by atoms with E-state index < -0.39 is 6.29 Å². The van der Waals surface area contributed by atoms with Gasteiger partial charge in [-0.3, -0.25) is 19.6 Å². The van der Waals surface area contributed by atoms with Crippen molar-refractivity contribution in [3.05, 3.63) is 131 Å². The zero-order chi connectivity index (χ0) is 29.4. The van der Waals surface area contributed by atoms with Crippen LogP contribution in [-0.4, -0.2) is 64.6 Å². The summed E-state index contributed by atoms with van der Waals surface area (Å²) in [5.74, 6) is -0.220. The van der Waals surface area contributed by atoms with Gasteiger partial charge in [0, 0.05) is 69.3 Å². The number of ether oxygens (including phenoxy) is 2. The van der Waals surface area contributed by atoms with Crippen LogP contribution in [0.1, 0.15) is 51.4 Å². The lowest BCUT2D eigenvalue weighted by atomic mass is 9.99. The molecule has 3 atom stereocenters. The molecular weight excluding hydrogens is 540 g/mol. The molecule has 0 bridgehead atoms. The Labute approximate surface area is 252 Å². The van der Waals surface area contributed by atoms with Crippen molar-refractivity contribution < 1.29 is 19.4 Å². The summed E-state index contributed by atoms with van der Waals surface area (Å²) in [6.07, 6.45) is 3.14. The third-order valence-electron chi connectivity index (χ3n) is 8.13. The number of anilines is 1. The molecular formula is C35H38N4O4. The van der Waals surface area contributed by atoms with E-state index in [0.29, 0.717) is 11.3 Å². The third kappa shape index (κ3) is 7.73. The number of nitrogens with one attached hydrogen (secondary N) is 1. The van der Waals surface area contributed by atoms with Gasteiger partial charge < -0.3 is 19.9 Å². The number of carbonyl (C=O) groups excluding carboxylic acids is 1. The SMILES string of the molecule is O=C(Nc1cccc([C@H]2O[C@@H](CN3CCN(Cc4ccccc4)CC3)C[C@@H](c3ccc(CO)cc3)O2)c1)c1cccnc1. The van der Waals surface area contributed by atoms with Crippen LogP contribution in [0.5, 0.6) is 0 Å². The van der Waals surface area contributed by atoms with Crippen molar-refractivity contribution in [2.75, 3.05) is 38.0 Å². The first-order chi connectivity index (χ1) is 21.1. The minimum absolute atomic E-state index is 0.00791. The maximum Gasteiger partial charge on any atom is 0.257 e. The number of nitrogens with zero attached hydrogens (tertiary/aromatic N) is 3. The quantitative estimate of drug-likeness (QED) is 0.283. The van der Waals surface area contributed by atoms with Gasteiger partial charge in [-0.05, 0) is 41.0 Å². The second-order valence-electron chi connectivity index (χ2n) is 11.2. The van der Waals surface area contributed by atoms with Gasteiger partial charge in [0.15, 0.2) is 6.29 Å². The molecule has 6 rings (SSSR count). The summed E-state index contributed by atoms with van der Waals surface area (Å²) >= 11 is 0. The Balaban J connectivity index is 1.14. The molecule has 3 aromatic carbocycles. The topological polar surface area (TPSA) is 87.2 Å². The number of rotatable bonds is 9. The molecule has 1 aromatic heterocycles. The molecule has 0 spiro atoms. The number of piperazine rings is 1. The Morgan fingerprint density at radius 3 is 2.37 bits per heavy atom. The van der Waals surface area contributed by atoms with Crippen LogP contribution >= 0.6 is 0 Å². The van der Waals surface area contributed by atoms with Crippen molar-refractivity contribution in [2.24, 2.45) is 0 Å². The number of carbonyl (C=O) groups is 1. The summed E-state index contributed by atoms with van der Waals surface area (Å²) in [5, 5.41) is 12.5. The van der Waals surface area contributed by atoms with E-state index in [0.717, 1.165) is 62.4 Å². The predicted octanol–water partition coefficient (Wildman–Crippen LogP) is 5.19. The Bertz CT molecular complexity index is 1460. The van der Waals surface area contributed by atoms with E-state index in [1.807, 2.05) is 48.5 Å². The van der Waals surface area contributed by atoms with Gasteiger partial charge in [0.2, 0.25) is 0 Å². The van der Waals surface area contributed by atoms with Crippen LogP contribution in [0, 0.1) is 0 Å². The molecule has 0 unspecified atom stereocenters. The van der Waals surface area contributed by atoms with E-state index in [9.17, 15) is 9.90 Å². The Morgan fingerprint density at radius 1 is 0.837 bits per heavy atom. The highest BCUT2D eigenvalue weighted by atomic mass is 16.7. The van der Waals surface area contributed by atoms with Crippen LogP contribution in [0.25, 0.3) is 0 Å². The number of aliphatic hydroxyl groups excluding tert-OH is 1. The second-order valence-corrected chi connectivity index (χ2v) is 11.2. The van der Waals surface area contributed by atoms with Gasteiger partial charge in [-0.25, -0.2) is 0 Å². The maximum atomic E-state index is 12.7. The van der Waals surface area contributed by atoms with E-state index >= 15 is 0 Å². The molecule has 3 heterocycles. The molecule has 1 amide bonds. The Hall–Kier alpha value is -3.92. The van der Waals surface area contributed by atoms with Gasteiger partial charge >= 0.3 is 0 Å². The third-order valence-corrected chi connectivity index (χ3v) is 8.13. The van der Waals surface area contributed by atoms with E-state index in [4.69, 9.17) is 9.47 Å². The van der Waals surface area contributed by atoms with Crippen LogP contribution in [0.4, 0.5) is 5.69 Å². The monoisotopic (exact) mass is 578 g/mol. The average Bonchev–Trinajstić information content (AvgIpc) is 3.06. The van der Waals surface area contributed by atoms with Gasteiger partial charge in [-0.15, -0.1) is 0 Å². The molecule has 2 fully saturated rings. The summed E-state index contributed by atoms with van der Waals surface area (Å²) < 4.78 is 13.1. The fraction of sp³-hybridized carbons (Fsp3) is 0.314. The van der Waals surface area contributed by atoms with Gasteiger partial charge in [-0.1, -0.05) is 66.7 Å². The maximum absolute atomic E-state index is 12.7. The van der Waals surface area contributed by atoms with Crippen molar-refractivity contribution >= 4 is 11.6 Å². The molecule has 8 heteroatoms. The van der Waals surface area contributed by atoms with Gasteiger partial charge in [0.05, 0.1) is 24.4 Å². The molecule has 8 nitrogen and oxygen atoms in total. The zero-order valence-electron chi connectivity index (χ0n) is 24.2. The lowest BCUT2D eigenvalue weighted by molar-refractivity contribution is -0.253. The van der Waals surface area contributed by atoms with E-state index in [-0.39, 0.29) is 24.7 Å². The number of amides is 1. The van der Waals surface area contributed by atoms with Crippen LogP contribution in [0.3, 0.4) is 0 Å². The summed E-state index contributed by atoms with van der Waals surface area (Å²) in [7, 11) is 0. The molecule has 0 saturated carbocycles. The number of benzene rings is 3. The lowest BCUT2D eigenvalue weighted by Crippen LogP contribution is -2.49. The number of pyridine rings is 1. The summed E-state index contributed by atoms with van der Waals surface area (Å²) in [6, 6.07) is 29.7. The highest BCUT2D eigenvalue weighted by molar-refractivity contribution is 6.04. The summed E-state index contributed by atoms with van der Waals surface area (Å²) in [4.78, 5) is 21.8. The van der Waals surface area contributed by atoms with Gasteiger partial charge in [0.25, 0.3) is 5.91 Å². The lowest BCUT2D eigenvalue weighted by Gasteiger charge is -2.41. The molecule has 222 valence electrons. The second kappa shape index (κ2) is 14.0. The van der Waals surface area contributed by atoms with Crippen LogP contribution in [0.2, 0.25) is 0 Å². The largest absolute Gasteiger partial charge is 0.392 e. The molecule has 2 aliphatic heterocycles. The highest BCUT2D eigenvalue weighted by Gasteiger charge is 2.34. The predicted molar refractivity (Wildman–Crippen MR) is 165 cm³/mol. The first-order valence-electron chi connectivity index (χ1n) is 14.9. The minimum atomic E-state index is -0.587. The standard InChI is InChI=1S/C35H38N4O4/c40-25-27-11-13-28(14-12-27)33-21-32(24-39-18-16-38(17-19-39)23-26-6-2-1-3-7-26)42-35(43-33)29-8-4-10-31(20-29)37-34(41)30-9-5-15-36-22-30/h1-15,20,22,32-33,35,40H,16-19,21,23-25H2,(H,37,41)/t32-,33+,35+/m1/s1. The highest BCUT2D eigenvalue weighted by Crippen LogP contribution is 2.38. The first kappa shape index (κ1) is 29.2. The van der Waals surface area contributed by atoms with Gasteiger partial charge in [-0.2, -0.15) is 0 Å². The Kier molecular flexibility index (Phi) is 9.52. The molecule has 0 aliphatic carbocycles. The molecule has 4 aromatic rings. The number of aliphatic hydroxyl groups is 1. The van der Waals surface area contributed by atoms with Crippen molar-refractivity contribution in [1.82, 2.24) is 14.8 Å². The first-order valence-corrected chi connectivity index (χ1v) is 14.9. The van der Waals surface area contributed by atoms with Crippen molar-refractivity contribution in [1.29, 1.82) is 0 Å². The van der Waals surface area contributed by atoms with Crippen molar-refractivity contribution in [3.8, 4) is 0 Å². The van der Waals surface area contributed by atoms with Crippen LogP contribution in [0.15, 0.2) is 103 Å². The van der Waals surface area contributed by atoms with Gasteiger partial charge in [0.1, 0.15) is 0 Å². The molecule has 2 saturated heterocycles. The number of aromatic nitrogens is 1. The molecule has 2 aliphatic rings. The molecule has 43 heavy (non-hydrogen) atoms. The summed E-state index contributed by atoms with van der Waals surface area (Å²) in [5.41, 5.74) is 5.28. The van der Waals surface area contributed by atoms with E-state index in [1.165, 1.54) is 5.56 Å². The Morgan fingerprint density at radius 2 is 1.63 bits per heavy atom. The van der Waals surface area contributed by atoms with Crippen LogP contribution in [-0.2, 0) is 22.6 Å². The smallest absolute Gasteiger partial charge is 0.257 e. The van der Waals surface area contributed by atoms with E-state index in [1.54, 1.807) is 24.5 Å². The number of hydrogen-bond donors (Lipinski definition) is 2. The molecule has 2 N–H and O–H groups in total. The summed E-state index contributed by atoms with van der Waals surface area (Å²) in [6.45, 7) is 5.83. The van der Waals surface area contributed by atoms with Crippen molar-refractivity contribution in [3.63, 3.8) is 0 Å².